The summed E-state index contributed by atoms with van der Waals surface area (Å²) < 4.78 is 0. The SMILES string of the molecule is CC1CCCCC1NCCCCCCN1CC(O)C(O)C(=O)C1CO. The number of hydrogen-bond donors (Lipinski definition) is 4. The van der Waals surface area contributed by atoms with Gasteiger partial charge in [0.1, 0.15) is 6.10 Å². The van der Waals surface area contributed by atoms with Crippen LogP contribution in [0.4, 0.5) is 0 Å². The lowest BCUT2D eigenvalue weighted by Crippen LogP contribution is -2.60. The molecule has 1 aliphatic carbocycles. The fourth-order valence-electron chi connectivity index (χ4n) is 4.19. The Morgan fingerprint density at radius 2 is 1.84 bits per heavy atom. The van der Waals surface area contributed by atoms with E-state index in [0.29, 0.717) is 12.6 Å². The highest BCUT2D eigenvalue weighted by Gasteiger charge is 2.40. The first-order chi connectivity index (χ1) is 12.0. The maximum atomic E-state index is 11.9. The maximum Gasteiger partial charge on any atom is 0.183 e. The highest BCUT2D eigenvalue weighted by atomic mass is 16.3. The molecule has 2 fully saturated rings. The number of piperidine rings is 1. The zero-order chi connectivity index (χ0) is 18.2. The zero-order valence-corrected chi connectivity index (χ0v) is 15.6. The van der Waals surface area contributed by atoms with Crippen LogP contribution in [0.2, 0.25) is 0 Å². The highest BCUT2D eigenvalue weighted by molar-refractivity contribution is 5.89. The standard InChI is InChI=1S/C19H36N2O4/c1-14-8-4-5-9-15(14)20-10-6-2-3-7-11-21-12-17(23)19(25)18(24)16(21)13-22/h14-17,19-20,22-23,25H,2-13H2,1H3. The Morgan fingerprint density at radius 1 is 1.12 bits per heavy atom. The topological polar surface area (TPSA) is 93.0 Å². The van der Waals surface area contributed by atoms with E-state index in [9.17, 15) is 20.1 Å². The molecule has 6 heteroatoms. The van der Waals surface area contributed by atoms with E-state index in [1.54, 1.807) is 0 Å². The van der Waals surface area contributed by atoms with Gasteiger partial charge in [0.05, 0.1) is 18.8 Å². The summed E-state index contributed by atoms with van der Waals surface area (Å²) in [4.78, 5) is 13.7. The number of nitrogens with one attached hydrogen (secondary N) is 1. The number of likely N-dealkylation sites (tertiary alicyclic amines) is 1. The van der Waals surface area contributed by atoms with Gasteiger partial charge in [0.25, 0.3) is 0 Å². The second-order valence-electron chi connectivity index (χ2n) is 7.84. The summed E-state index contributed by atoms with van der Waals surface area (Å²) in [5.74, 6) is 0.328. The Morgan fingerprint density at radius 3 is 2.56 bits per heavy atom. The Labute approximate surface area is 151 Å². The van der Waals surface area contributed by atoms with Crippen molar-refractivity contribution in [2.45, 2.75) is 82.6 Å². The largest absolute Gasteiger partial charge is 0.394 e. The number of ketones is 1. The van der Waals surface area contributed by atoms with Gasteiger partial charge >= 0.3 is 0 Å². The minimum Gasteiger partial charge on any atom is -0.394 e. The van der Waals surface area contributed by atoms with Gasteiger partial charge in [0.15, 0.2) is 5.78 Å². The zero-order valence-electron chi connectivity index (χ0n) is 15.6. The molecule has 4 N–H and O–H groups in total. The number of rotatable bonds is 9. The van der Waals surface area contributed by atoms with Crippen LogP contribution in [0.25, 0.3) is 0 Å². The second kappa shape index (κ2) is 10.6. The minimum absolute atomic E-state index is 0.249. The van der Waals surface area contributed by atoms with Crippen molar-refractivity contribution in [3.8, 4) is 0 Å². The van der Waals surface area contributed by atoms with Gasteiger partial charge in [0.2, 0.25) is 0 Å². The lowest BCUT2D eigenvalue weighted by atomic mass is 9.86. The Bertz CT molecular complexity index is 407. The molecule has 1 saturated carbocycles. The number of Topliss-reactive ketones (excluding diaryl/α,β-unsaturated/α-hetero) is 1. The summed E-state index contributed by atoms with van der Waals surface area (Å²) in [5, 5.41) is 32.4. The average molecular weight is 357 g/mol. The molecule has 6 nitrogen and oxygen atoms in total. The molecule has 0 bridgehead atoms. The lowest BCUT2D eigenvalue weighted by Gasteiger charge is -2.38. The van der Waals surface area contributed by atoms with Gasteiger partial charge in [-0.15, -0.1) is 0 Å². The molecule has 0 radical (unpaired) electrons. The van der Waals surface area contributed by atoms with Gasteiger partial charge in [-0.2, -0.15) is 0 Å². The summed E-state index contributed by atoms with van der Waals surface area (Å²) >= 11 is 0. The number of aliphatic hydroxyl groups excluding tert-OH is 3. The van der Waals surface area contributed by atoms with Crippen molar-refractivity contribution in [3.63, 3.8) is 0 Å². The number of unbranched alkanes of at least 4 members (excludes halogenated alkanes) is 3. The molecule has 25 heavy (non-hydrogen) atoms. The molecule has 0 aromatic carbocycles. The number of nitrogens with zero attached hydrogens (tertiary/aromatic N) is 1. The second-order valence-corrected chi connectivity index (χ2v) is 7.84. The molecule has 5 unspecified atom stereocenters. The van der Waals surface area contributed by atoms with Crippen LogP contribution >= 0.6 is 0 Å². The molecule has 146 valence electrons. The molecule has 0 amide bonds. The molecular weight excluding hydrogens is 320 g/mol. The van der Waals surface area contributed by atoms with Crippen molar-refractivity contribution >= 4 is 5.78 Å². The van der Waals surface area contributed by atoms with Gasteiger partial charge in [-0.25, -0.2) is 0 Å². The van der Waals surface area contributed by atoms with E-state index < -0.39 is 24.0 Å². The summed E-state index contributed by atoms with van der Waals surface area (Å²) in [6, 6.07) is 0.0131. The van der Waals surface area contributed by atoms with Crippen LogP contribution < -0.4 is 5.32 Å². The van der Waals surface area contributed by atoms with Crippen LogP contribution in [-0.4, -0.2) is 76.5 Å². The molecular formula is C19H36N2O4. The molecule has 1 aliphatic heterocycles. The number of hydrogen-bond acceptors (Lipinski definition) is 6. The minimum atomic E-state index is -1.36. The molecule has 2 rings (SSSR count). The first-order valence-electron chi connectivity index (χ1n) is 10.0. The maximum absolute atomic E-state index is 11.9. The summed E-state index contributed by atoms with van der Waals surface area (Å²) in [5.41, 5.74) is 0. The van der Waals surface area contributed by atoms with Crippen LogP contribution in [0.1, 0.15) is 58.3 Å². The van der Waals surface area contributed by atoms with Gasteiger partial charge < -0.3 is 20.6 Å². The third kappa shape index (κ3) is 6.00. The van der Waals surface area contributed by atoms with Crippen LogP contribution in [0.3, 0.4) is 0 Å². The van der Waals surface area contributed by atoms with E-state index in [4.69, 9.17) is 0 Å². The van der Waals surface area contributed by atoms with Crippen molar-refractivity contribution in [2.75, 3.05) is 26.2 Å². The molecule has 5 atom stereocenters. The monoisotopic (exact) mass is 356 g/mol. The van der Waals surface area contributed by atoms with Gasteiger partial charge in [0, 0.05) is 12.6 Å². The van der Waals surface area contributed by atoms with Crippen molar-refractivity contribution in [3.05, 3.63) is 0 Å². The van der Waals surface area contributed by atoms with Crippen molar-refractivity contribution in [1.82, 2.24) is 10.2 Å². The van der Waals surface area contributed by atoms with Gasteiger partial charge in [-0.3, -0.25) is 9.69 Å². The molecule has 1 saturated heterocycles. The number of carbonyl (C=O) groups is 1. The third-order valence-electron chi connectivity index (χ3n) is 5.91. The highest BCUT2D eigenvalue weighted by Crippen LogP contribution is 2.23. The van der Waals surface area contributed by atoms with E-state index in [1.807, 2.05) is 4.90 Å². The fraction of sp³-hybridized carbons (Fsp3) is 0.947. The number of β-amino-alcohol motifs (C(OH)–C–C–N with tert-alkyl or cyclic N) is 1. The first-order valence-corrected chi connectivity index (χ1v) is 10.0. The van der Waals surface area contributed by atoms with E-state index in [-0.39, 0.29) is 13.2 Å². The quantitative estimate of drug-likeness (QED) is 0.454. The third-order valence-corrected chi connectivity index (χ3v) is 5.91. The molecule has 2 aliphatic rings. The molecule has 0 spiro atoms. The van der Waals surface area contributed by atoms with Crippen LogP contribution in [0, 0.1) is 5.92 Å². The summed E-state index contributed by atoms with van der Waals surface area (Å²) in [7, 11) is 0. The van der Waals surface area contributed by atoms with E-state index in [2.05, 4.69) is 12.2 Å². The van der Waals surface area contributed by atoms with E-state index in [1.165, 1.54) is 25.7 Å². The molecule has 1 heterocycles. The van der Waals surface area contributed by atoms with Crippen LogP contribution in [0.5, 0.6) is 0 Å². The van der Waals surface area contributed by atoms with Gasteiger partial charge in [-0.1, -0.05) is 32.6 Å². The fourth-order valence-corrected chi connectivity index (χ4v) is 4.19. The number of carbonyl (C=O) groups excluding carboxylic acids is 1. The predicted octanol–water partition coefficient (Wildman–Crippen LogP) is 0.683. The smallest absolute Gasteiger partial charge is 0.183 e. The van der Waals surface area contributed by atoms with Crippen LogP contribution in [-0.2, 0) is 4.79 Å². The normalized spacial score (nSPS) is 34.4. The van der Waals surface area contributed by atoms with Crippen LogP contribution in [0.15, 0.2) is 0 Å². The average Bonchev–Trinajstić information content (AvgIpc) is 2.60. The van der Waals surface area contributed by atoms with E-state index >= 15 is 0 Å². The summed E-state index contributed by atoms with van der Waals surface area (Å²) in [6.45, 7) is 4.04. The Balaban J connectivity index is 1.57. The van der Waals surface area contributed by atoms with Crippen molar-refractivity contribution in [2.24, 2.45) is 5.92 Å². The van der Waals surface area contributed by atoms with E-state index in [0.717, 1.165) is 38.1 Å². The molecule has 0 aromatic rings. The summed E-state index contributed by atoms with van der Waals surface area (Å²) in [6.07, 6.45) is 7.29. The van der Waals surface area contributed by atoms with Gasteiger partial charge in [-0.05, 0) is 44.7 Å². The molecule has 0 aromatic heterocycles. The Kier molecular flexibility index (Phi) is 8.79. The van der Waals surface area contributed by atoms with Crippen molar-refractivity contribution in [1.29, 1.82) is 0 Å². The number of aliphatic hydroxyl groups is 3. The first kappa shape index (κ1) is 20.8. The predicted molar refractivity (Wildman–Crippen MR) is 97.4 cm³/mol. The Hall–Kier alpha value is -0.530. The van der Waals surface area contributed by atoms with Crippen molar-refractivity contribution < 1.29 is 20.1 Å². The lowest BCUT2D eigenvalue weighted by molar-refractivity contribution is -0.149.